The van der Waals surface area contributed by atoms with Crippen molar-refractivity contribution >= 4 is 18.0 Å². The Morgan fingerprint density at radius 2 is 1.61 bits per heavy atom. The molecule has 0 amide bonds. The van der Waals surface area contributed by atoms with Crippen LogP contribution in [-0.2, 0) is 12.4 Å². The maximum atomic E-state index is 6.06. The molecular weight excluding hydrogens is 404 g/mol. The molecule has 31 heavy (non-hydrogen) atoms. The van der Waals surface area contributed by atoms with Crippen molar-refractivity contribution in [3.05, 3.63) is 107 Å². The largest absolute Gasteiger partial charge is 0.488 e. The van der Waals surface area contributed by atoms with Crippen LogP contribution in [0.1, 0.15) is 28.1 Å². The summed E-state index contributed by atoms with van der Waals surface area (Å²) in [5.41, 5.74) is 4.51. The van der Waals surface area contributed by atoms with Crippen LogP contribution in [0.2, 0.25) is 0 Å². The van der Waals surface area contributed by atoms with Gasteiger partial charge < -0.3 is 4.74 Å². The van der Waals surface area contributed by atoms with E-state index in [1.807, 2.05) is 49.4 Å². The van der Waals surface area contributed by atoms with Crippen molar-refractivity contribution < 1.29 is 4.74 Å². The van der Waals surface area contributed by atoms with Gasteiger partial charge in [0.25, 0.3) is 0 Å². The van der Waals surface area contributed by atoms with E-state index in [0.29, 0.717) is 6.61 Å². The van der Waals surface area contributed by atoms with Crippen LogP contribution in [0.4, 0.5) is 0 Å². The molecule has 6 heteroatoms. The number of hydrogen-bond donors (Lipinski definition) is 0. The number of aryl methyl sites for hydroxylation is 2. The molecule has 0 aliphatic carbocycles. The predicted octanol–water partition coefficient (Wildman–Crippen LogP) is 5.65. The molecule has 0 aliphatic rings. The lowest BCUT2D eigenvalue weighted by atomic mass is 10.1. The molecule has 0 aliphatic heterocycles. The maximum Gasteiger partial charge on any atom is 0.212 e. The lowest BCUT2D eigenvalue weighted by Crippen LogP contribution is -2.00. The van der Waals surface area contributed by atoms with Gasteiger partial charge in [-0.2, -0.15) is 9.78 Å². The Bertz CT molecular complexity index is 1150. The van der Waals surface area contributed by atoms with Gasteiger partial charge in [0.1, 0.15) is 12.4 Å². The van der Waals surface area contributed by atoms with Gasteiger partial charge in [0, 0.05) is 11.3 Å². The van der Waals surface area contributed by atoms with E-state index in [1.165, 1.54) is 11.1 Å². The molecule has 4 aromatic rings. The van der Waals surface area contributed by atoms with Gasteiger partial charge >= 0.3 is 0 Å². The van der Waals surface area contributed by atoms with E-state index in [1.54, 1.807) is 22.7 Å². The van der Waals surface area contributed by atoms with Crippen LogP contribution in [-0.4, -0.2) is 21.1 Å². The van der Waals surface area contributed by atoms with E-state index in [2.05, 4.69) is 58.6 Å². The first-order chi connectivity index (χ1) is 15.2. The molecule has 0 bridgehead atoms. The Morgan fingerprint density at radius 1 is 0.871 bits per heavy atom. The Labute approximate surface area is 186 Å². The molecule has 0 spiro atoms. The lowest BCUT2D eigenvalue weighted by molar-refractivity contribution is 0.306. The molecule has 0 atom stereocenters. The number of rotatable bonds is 8. The summed E-state index contributed by atoms with van der Waals surface area (Å²) in [6, 6.07) is 26.5. The third-order valence-corrected chi connectivity index (χ3v) is 5.72. The summed E-state index contributed by atoms with van der Waals surface area (Å²) >= 11 is 1.61. The van der Waals surface area contributed by atoms with Crippen LogP contribution in [0.15, 0.2) is 89.1 Å². The molecular formula is C25H24N4OS. The van der Waals surface area contributed by atoms with Crippen LogP contribution in [0.5, 0.6) is 5.75 Å². The topological polar surface area (TPSA) is 52.3 Å². The molecule has 1 heterocycles. The normalized spacial score (nSPS) is 11.2. The van der Waals surface area contributed by atoms with Gasteiger partial charge in [0.05, 0.1) is 6.21 Å². The predicted molar refractivity (Wildman–Crippen MR) is 126 cm³/mol. The summed E-state index contributed by atoms with van der Waals surface area (Å²) in [6.45, 7) is 4.49. The monoisotopic (exact) mass is 428 g/mol. The van der Waals surface area contributed by atoms with Gasteiger partial charge in [-0.1, -0.05) is 84.1 Å². The molecule has 0 radical (unpaired) electrons. The van der Waals surface area contributed by atoms with Gasteiger partial charge in [-0.25, -0.2) is 0 Å². The molecule has 0 fully saturated rings. The molecule has 0 N–H and O–H groups in total. The first-order valence-electron chi connectivity index (χ1n) is 10.1. The smallest absolute Gasteiger partial charge is 0.212 e. The fourth-order valence-corrected chi connectivity index (χ4v) is 3.86. The van der Waals surface area contributed by atoms with E-state index in [9.17, 15) is 0 Å². The highest BCUT2D eigenvalue weighted by Crippen LogP contribution is 2.22. The minimum absolute atomic E-state index is 0.509. The summed E-state index contributed by atoms with van der Waals surface area (Å²) in [5.74, 6) is 2.34. The van der Waals surface area contributed by atoms with Crippen LogP contribution in [0.25, 0.3) is 0 Å². The van der Waals surface area contributed by atoms with E-state index >= 15 is 0 Å². The van der Waals surface area contributed by atoms with E-state index in [4.69, 9.17) is 4.74 Å². The van der Waals surface area contributed by atoms with Gasteiger partial charge in [0.15, 0.2) is 5.82 Å². The Hall–Kier alpha value is -3.38. The summed E-state index contributed by atoms with van der Waals surface area (Å²) in [6.07, 6.45) is 1.80. The van der Waals surface area contributed by atoms with Crippen molar-refractivity contribution in [2.45, 2.75) is 31.4 Å². The zero-order valence-electron chi connectivity index (χ0n) is 17.6. The SMILES string of the molecule is Cc1ccc(COc2ccccc2/C=N/n2c(C)nnc2SCc2ccccc2)cc1. The van der Waals surface area contributed by atoms with Crippen molar-refractivity contribution in [2.24, 2.45) is 5.10 Å². The summed E-state index contributed by atoms with van der Waals surface area (Å²) < 4.78 is 7.83. The highest BCUT2D eigenvalue weighted by molar-refractivity contribution is 7.98. The fourth-order valence-electron chi connectivity index (χ4n) is 2.97. The summed E-state index contributed by atoms with van der Waals surface area (Å²) in [4.78, 5) is 0. The second kappa shape index (κ2) is 10.1. The summed E-state index contributed by atoms with van der Waals surface area (Å²) in [7, 11) is 0. The van der Waals surface area contributed by atoms with E-state index in [0.717, 1.165) is 33.6 Å². The van der Waals surface area contributed by atoms with Crippen molar-refractivity contribution in [1.82, 2.24) is 14.9 Å². The van der Waals surface area contributed by atoms with Crippen LogP contribution < -0.4 is 4.74 Å². The quantitative estimate of drug-likeness (QED) is 0.269. The highest BCUT2D eigenvalue weighted by atomic mass is 32.2. The van der Waals surface area contributed by atoms with Gasteiger partial charge in [-0.3, -0.25) is 0 Å². The molecule has 1 aromatic heterocycles. The minimum atomic E-state index is 0.509. The van der Waals surface area contributed by atoms with Crippen LogP contribution >= 0.6 is 11.8 Å². The van der Waals surface area contributed by atoms with Gasteiger partial charge in [-0.15, -0.1) is 10.2 Å². The van der Waals surface area contributed by atoms with E-state index in [-0.39, 0.29) is 0 Å². The molecule has 3 aromatic carbocycles. The van der Waals surface area contributed by atoms with Crippen LogP contribution in [0.3, 0.4) is 0 Å². The first kappa shape index (κ1) is 20.9. The lowest BCUT2D eigenvalue weighted by Gasteiger charge is -2.09. The molecule has 0 unspecified atom stereocenters. The van der Waals surface area contributed by atoms with Crippen molar-refractivity contribution in [2.75, 3.05) is 0 Å². The number of hydrogen-bond acceptors (Lipinski definition) is 5. The molecule has 0 saturated heterocycles. The molecule has 5 nitrogen and oxygen atoms in total. The Kier molecular flexibility index (Phi) is 6.79. The first-order valence-corrected chi connectivity index (χ1v) is 11.1. The molecule has 0 saturated carbocycles. The number of aromatic nitrogens is 3. The van der Waals surface area contributed by atoms with Crippen LogP contribution in [0, 0.1) is 13.8 Å². The number of benzene rings is 3. The second-order valence-corrected chi connectivity index (χ2v) is 8.12. The van der Waals surface area contributed by atoms with Gasteiger partial charge in [-0.05, 0) is 37.1 Å². The Balaban J connectivity index is 1.47. The molecule has 4 rings (SSSR count). The zero-order valence-corrected chi connectivity index (χ0v) is 18.4. The third-order valence-electron chi connectivity index (χ3n) is 4.72. The minimum Gasteiger partial charge on any atom is -0.488 e. The molecule has 156 valence electrons. The number of para-hydroxylation sites is 1. The average molecular weight is 429 g/mol. The van der Waals surface area contributed by atoms with Crippen molar-refractivity contribution in [1.29, 1.82) is 0 Å². The number of thioether (sulfide) groups is 1. The highest BCUT2D eigenvalue weighted by Gasteiger charge is 2.09. The van der Waals surface area contributed by atoms with Crippen molar-refractivity contribution in [3.8, 4) is 5.75 Å². The van der Waals surface area contributed by atoms with Gasteiger partial charge in [0.2, 0.25) is 5.16 Å². The maximum absolute atomic E-state index is 6.06. The average Bonchev–Trinajstić information content (AvgIpc) is 3.16. The van der Waals surface area contributed by atoms with Crippen molar-refractivity contribution in [3.63, 3.8) is 0 Å². The standard InChI is InChI=1S/C25H24N4OS/c1-19-12-14-21(15-13-19)17-30-24-11-7-6-10-23(24)16-26-29-20(2)27-28-25(29)31-18-22-8-4-3-5-9-22/h3-16H,17-18H2,1-2H3/b26-16+. The Morgan fingerprint density at radius 3 is 2.42 bits per heavy atom. The van der Waals surface area contributed by atoms with E-state index < -0.39 is 0 Å². The number of ether oxygens (including phenoxy) is 1. The summed E-state index contributed by atoms with van der Waals surface area (Å²) in [5, 5.41) is 13.9. The third kappa shape index (κ3) is 5.61. The number of nitrogens with zero attached hydrogens (tertiary/aromatic N) is 4. The second-order valence-electron chi connectivity index (χ2n) is 7.17. The zero-order chi connectivity index (χ0) is 21.5. The fraction of sp³-hybridized carbons (Fsp3) is 0.160.